The summed E-state index contributed by atoms with van der Waals surface area (Å²) in [5, 5.41) is 9.25. The second-order valence-corrected chi connectivity index (χ2v) is 8.07. The molecule has 1 fully saturated rings. The van der Waals surface area contributed by atoms with E-state index in [-0.39, 0.29) is 35.6 Å². The minimum atomic E-state index is -0.616. The molecule has 0 saturated carbocycles. The van der Waals surface area contributed by atoms with Gasteiger partial charge < -0.3 is 25.4 Å². The number of methoxy groups -OCH3 is 2. The molecule has 0 spiro atoms. The number of halogens is 1. The molecule has 2 amide bonds. The lowest BCUT2D eigenvalue weighted by Gasteiger charge is -2.35. The Balaban J connectivity index is 0.00000420. The number of amides is 2. The van der Waals surface area contributed by atoms with Gasteiger partial charge in [0, 0.05) is 18.2 Å². The first kappa shape index (κ1) is 25.0. The minimum Gasteiger partial charge on any atom is -0.497 e. The molecule has 29 heavy (non-hydrogen) atoms. The molecule has 7 nitrogen and oxygen atoms in total. The van der Waals surface area contributed by atoms with Crippen LogP contribution in [0.4, 0.5) is 0 Å². The highest BCUT2D eigenvalue weighted by Crippen LogP contribution is 2.27. The smallest absolute Gasteiger partial charge is 0.252 e. The fourth-order valence-corrected chi connectivity index (χ4v) is 3.32. The van der Waals surface area contributed by atoms with Crippen LogP contribution in [0.2, 0.25) is 0 Å². The molecule has 1 aliphatic rings. The molecule has 2 rings (SSSR count). The topological polar surface area (TPSA) is 88.7 Å². The van der Waals surface area contributed by atoms with Crippen molar-refractivity contribution < 1.29 is 19.1 Å². The molecule has 0 aromatic heterocycles. The zero-order chi connectivity index (χ0) is 20.7. The fourth-order valence-electron chi connectivity index (χ4n) is 3.32. The molecule has 164 valence electrons. The maximum absolute atomic E-state index is 12.8. The van der Waals surface area contributed by atoms with E-state index in [4.69, 9.17) is 9.47 Å². The zero-order valence-corrected chi connectivity index (χ0v) is 18.8. The van der Waals surface area contributed by atoms with Crippen molar-refractivity contribution in [1.82, 2.24) is 16.0 Å². The third kappa shape index (κ3) is 7.08. The van der Waals surface area contributed by atoms with E-state index in [1.54, 1.807) is 18.2 Å². The first-order chi connectivity index (χ1) is 13.3. The van der Waals surface area contributed by atoms with Crippen LogP contribution in [0.15, 0.2) is 18.2 Å². The number of hydrogen-bond donors (Lipinski definition) is 3. The first-order valence-corrected chi connectivity index (χ1v) is 9.80. The molecule has 8 heteroatoms. The van der Waals surface area contributed by atoms with Crippen LogP contribution < -0.4 is 25.4 Å². The van der Waals surface area contributed by atoms with Crippen molar-refractivity contribution in [1.29, 1.82) is 0 Å². The summed E-state index contributed by atoms with van der Waals surface area (Å²) in [6.07, 6.45) is 2.05. The van der Waals surface area contributed by atoms with Crippen molar-refractivity contribution in [2.45, 2.75) is 39.7 Å². The average Bonchev–Trinajstić information content (AvgIpc) is 2.69. The van der Waals surface area contributed by atoms with Gasteiger partial charge in [-0.05, 0) is 49.4 Å². The molecule has 0 aliphatic carbocycles. The van der Waals surface area contributed by atoms with Gasteiger partial charge in [0.15, 0.2) is 0 Å². The van der Waals surface area contributed by atoms with Crippen LogP contribution in [0.5, 0.6) is 11.5 Å². The van der Waals surface area contributed by atoms with Crippen LogP contribution in [0.25, 0.3) is 0 Å². The van der Waals surface area contributed by atoms with Crippen LogP contribution in [0.3, 0.4) is 0 Å². The maximum atomic E-state index is 12.8. The van der Waals surface area contributed by atoms with Crippen molar-refractivity contribution in [3.63, 3.8) is 0 Å². The number of carbonyl (C=O) groups excluding carboxylic acids is 2. The molecule has 1 aromatic rings. The molecule has 3 N–H and O–H groups in total. The number of ether oxygens (including phenoxy) is 2. The Labute approximate surface area is 179 Å². The van der Waals surface area contributed by atoms with Crippen molar-refractivity contribution in [3.8, 4) is 11.5 Å². The van der Waals surface area contributed by atoms with Gasteiger partial charge in [-0.3, -0.25) is 9.59 Å². The number of nitrogens with one attached hydrogen (secondary N) is 3. The van der Waals surface area contributed by atoms with E-state index in [9.17, 15) is 9.59 Å². The lowest BCUT2D eigenvalue weighted by atomic mass is 9.81. The summed E-state index contributed by atoms with van der Waals surface area (Å²) in [5.41, 5.74) is 0.479. The monoisotopic (exact) mass is 427 g/mol. The molecule has 0 bridgehead atoms. The Hall–Kier alpha value is -1.99. The van der Waals surface area contributed by atoms with Crippen LogP contribution in [-0.2, 0) is 4.79 Å². The number of carbonyl (C=O) groups is 2. The van der Waals surface area contributed by atoms with E-state index in [1.165, 1.54) is 14.2 Å². The Morgan fingerprint density at radius 3 is 2.14 bits per heavy atom. The van der Waals surface area contributed by atoms with Crippen molar-refractivity contribution >= 4 is 24.2 Å². The number of piperidine rings is 1. The number of hydrogen-bond acceptors (Lipinski definition) is 5. The standard InChI is InChI=1S/C21H33N3O4.ClH/c1-14(2)18(20(26)23-13-21(3)6-8-22-9-7-21)24-19(25)15-10-16(27-4)12-17(11-15)28-5;/h10-12,14,18,22H,6-9,13H2,1-5H3,(H,23,26)(H,24,25);1H. The van der Waals surface area contributed by atoms with Gasteiger partial charge in [0.1, 0.15) is 17.5 Å². The van der Waals surface area contributed by atoms with Crippen molar-refractivity contribution in [2.24, 2.45) is 11.3 Å². The predicted molar refractivity (Wildman–Crippen MR) is 116 cm³/mol. The highest BCUT2D eigenvalue weighted by atomic mass is 35.5. The molecular weight excluding hydrogens is 394 g/mol. The Kier molecular flexibility index (Phi) is 9.73. The predicted octanol–water partition coefficient (Wildman–Crippen LogP) is 2.39. The molecule has 0 radical (unpaired) electrons. The zero-order valence-electron chi connectivity index (χ0n) is 18.0. The second kappa shape index (κ2) is 11.3. The Morgan fingerprint density at radius 1 is 1.10 bits per heavy atom. The van der Waals surface area contributed by atoms with E-state index < -0.39 is 6.04 Å². The average molecular weight is 428 g/mol. The van der Waals surface area contributed by atoms with Gasteiger partial charge in [0.05, 0.1) is 14.2 Å². The van der Waals surface area contributed by atoms with Gasteiger partial charge in [-0.25, -0.2) is 0 Å². The Morgan fingerprint density at radius 2 is 1.66 bits per heavy atom. The third-order valence-corrected chi connectivity index (χ3v) is 5.35. The van der Waals surface area contributed by atoms with Crippen LogP contribution in [-0.4, -0.2) is 51.7 Å². The Bertz CT molecular complexity index is 668. The largest absolute Gasteiger partial charge is 0.497 e. The summed E-state index contributed by atoms with van der Waals surface area (Å²) < 4.78 is 10.4. The molecule has 1 atom stereocenters. The van der Waals surface area contributed by atoms with Crippen LogP contribution in [0.1, 0.15) is 44.0 Å². The quantitative estimate of drug-likeness (QED) is 0.592. The molecule has 1 aliphatic heterocycles. The molecular formula is C21H34ClN3O4. The van der Waals surface area contributed by atoms with Crippen molar-refractivity contribution in [2.75, 3.05) is 33.9 Å². The van der Waals surface area contributed by atoms with E-state index in [0.717, 1.165) is 25.9 Å². The van der Waals surface area contributed by atoms with Gasteiger partial charge in [-0.1, -0.05) is 20.8 Å². The SMILES string of the molecule is COc1cc(OC)cc(C(=O)NC(C(=O)NCC2(C)CCNCC2)C(C)C)c1.Cl. The summed E-state index contributed by atoms with van der Waals surface area (Å²) >= 11 is 0. The van der Waals surface area contributed by atoms with Gasteiger partial charge >= 0.3 is 0 Å². The lowest BCUT2D eigenvalue weighted by molar-refractivity contribution is -0.124. The summed E-state index contributed by atoms with van der Waals surface area (Å²) in [6, 6.07) is 4.34. The number of benzene rings is 1. The minimum absolute atomic E-state index is 0. The maximum Gasteiger partial charge on any atom is 0.252 e. The van der Waals surface area contributed by atoms with Gasteiger partial charge in [0.25, 0.3) is 5.91 Å². The van der Waals surface area contributed by atoms with Gasteiger partial charge in [-0.2, -0.15) is 0 Å². The second-order valence-electron chi connectivity index (χ2n) is 8.07. The summed E-state index contributed by atoms with van der Waals surface area (Å²) in [6.45, 7) is 8.58. The van der Waals surface area contributed by atoms with E-state index in [1.807, 2.05) is 13.8 Å². The van der Waals surface area contributed by atoms with Crippen molar-refractivity contribution in [3.05, 3.63) is 23.8 Å². The van der Waals surface area contributed by atoms with Crippen LogP contribution in [0, 0.1) is 11.3 Å². The molecule has 1 heterocycles. The molecule has 1 aromatic carbocycles. The van der Waals surface area contributed by atoms with E-state index in [2.05, 4.69) is 22.9 Å². The number of rotatable bonds is 8. The van der Waals surface area contributed by atoms with E-state index >= 15 is 0 Å². The molecule has 1 unspecified atom stereocenters. The normalized spacial score (nSPS) is 16.3. The summed E-state index contributed by atoms with van der Waals surface area (Å²) in [5.74, 6) is 0.511. The van der Waals surface area contributed by atoms with E-state index in [0.29, 0.717) is 23.6 Å². The molecule has 1 saturated heterocycles. The highest BCUT2D eigenvalue weighted by Gasteiger charge is 2.30. The van der Waals surface area contributed by atoms with Gasteiger partial charge in [-0.15, -0.1) is 12.4 Å². The highest BCUT2D eigenvalue weighted by molar-refractivity contribution is 5.98. The lowest BCUT2D eigenvalue weighted by Crippen LogP contribution is -2.52. The van der Waals surface area contributed by atoms with Gasteiger partial charge in [0.2, 0.25) is 5.91 Å². The first-order valence-electron chi connectivity index (χ1n) is 9.80. The third-order valence-electron chi connectivity index (χ3n) is 5.35. The summed E-state index contributed by atoms with van der Waals surface area (Å²) in [7, 11) is 3.06. The fraction of sp³-hybridized carbons (Fsp3) is 0.619. The summed E-state index contributed by atoms with van der Waals surface area (Å²) in [4.78, 5) is 25.6. The van der Waals surface area contributed by atoms with Crippen LogP contribution >= 0.6 is 12.4 Å².